The molecule has 0 bridgehead atoms. The molecule has 1 aromatic carbocycles. The normalized spacial score (nSPS) is 11.1. The highest BCUT2D eigenvalue weighted by Crippen LogP contribution is 2.29. The van der Waals surface area contributed by atoms with E-state index in [9.17, 15) is 4.79 Å². The summed E-state index contributed by atoms with van der Waals surface area (Å²) in [5, 5.41) is 17.9. The topological polar surface area (TPSA) is 81.9 Å². The molecule has 2 heterocycles. The minimum Gasteiger partial charge on any atom is -0.382 e. The van der Waals surface area contributed by atoms with Gasteiger partial charge in [-0.3, -0.25) is 4.79 Å². The maximum Gasteiger partial charge on any atom is 0.230 e. The zero-order valence-electron chi connectivity index (χ0n) is 16.4. The number of hydrogen-bond acceptors (Lipinski definition) is 6. The van der Waals surface area contributed by atoms with E-state index in [1.54, 1.807) is 0 Å². The van der Waals surface area contributed by atoms with Crippen molar-refractivity contribution in [1.29, 1.82) is 0 Å². The van der Waals surface area contributed by atoms with Gasteiger partial charge in [0.1, 0.15) is 10.5 Å². The van der Waals surface area contributed by atoms with E-state index in [2.05, 4.69) is 15.5 Å². The lowest BCUT2D eigenvalue weighted by Crippen LogP contribution is -2.27. The number of amides is 1. The van der Waals surface area contributed by atoms with Gasteiger partial charge in [0, 0.05) is 25.1 Å². The van der Waals surface area contributed by atoms with Crippen LogP contribution in [-0.4, -0.2) is 51.4 Å². The van der Waals surface area contributed by atoms with E-state index >= 15 is 0 Å². The van der Waals surface area contributed by atoms with Gasteiger partial charge in [0.25, 0.3) is 0 Å². The fourth-order valence-electron chi connectivity index (χ4n) is 2.95. The summed E-state index contributed by atoms with van der Waals surface area (Å²) in [6.07, 6.45) is 0.805. The van der Waals surface area contributed by atoms with Crippen LogP contribution >= 0.6 is 11.8 Å². The lowest BCUT2D eigenvalue weighted by molar-refractivity contribution is -0.118. The number of nitrogens with zero attached hydrogens (tertiary/aromatic N) is 4. The summed E-state index contributed by atoms with van der Waals surface area (Å²) >= 11 is 1.36. The summed E-state index contributed by atoms with van der Waals surface area (Å²) in [7, 11) is 0. The molecule has 0 unspecified atom stereocenters. The highest BCUT2D eigenvalue weighted by atomic mass is 32.2. The monoisotopic (exact) mass is 399 g/mol. The number of para-hydroxylation sites is 1. The molecule has 0 saturated heterocycles. The van der Waals surface area contributed by atoms with E-state index in [1.165, 1.54) is 11.8 Å². The van der Waals surface area contributed by atoms with Crippen molar-refractivity contribution in [2.45, 2.75) is 32.2 Å². The maximum atomic E-state index is 12.1. The van der Waals surface area contributed by atoms with E-state index in [-0.39, 0.29) is 11.7 Å². The second-order valence-electron chi connectivity index (χ2n) is 6.34. The van der Waals surface area contributed by atoms with Crippen LogP contribution in [0.15, 0.2) is 35.4 Å². The highest BCUT2D eigenvalue weighted by Gasteiger charge is 2.17. The van der Waals surface area contributed by atoms with Crippen LogP contribution < -0.4 is 5.32 Å². The minimum atomic E-state index is -0.0313. The molecule has 7 nitrogen and oxygen atoms in total. The predicted molar refractivity (Wildman–Crippen MR) is 111 cm³/mol. The van der Waals surface area contributed by atoms with E-state index in [0.29, 0.717) is 24.8 Å². The number of ether oxygens (including phenoxy) is 1. The largest absolute Gasteiger partial charge is 0.382 e. The van der Waals surface area contributed by atoms with Crippen LogP contribution in [0, 0.1) is 13.8 Å². The highest BCUT2D eigenvalue weighted by molar-refractivity contribution is 8.00. The molecule has 3 aromatic rings. The van der Waals surface area contributed by atoms with Crippen molar-refractivity contribution in [3.63, 3.8) is 0 Å². The average Bonchev–Trinajstić information content (AvgIpc) is 3.06. The Kier molecular flexibility index (Phi) is 7.00. The Bertz CT molecular complexity index is 943. The van der Waals surface area contributed by atoms with Gasteiger partial charge in [-0.25, -0.2) is 4.68 Å². The number of carbonyl (C=O) groups is 1. The predicted octanol–water partition coefficient (Wildman–Crippen LogP) is 3.07. The molecule has 148 valence electrons. The molecule has 8 heteroatoms. The molecule has 0 saturated carbocycles. The lowest BCUT2D eigenvalue weighted by Gasteiger charge is -2.05. The molecular weight excluding hydrogens is 374 g/mol. The number of nitrogens with one attached hydrogen (secondary N) is 1. The summed E-state index contributed by atoms with van der Waals surface area (Å²) in [6, 6.07) is 9.96. The number of benzene rings is 1. The van der Waals surface area contributed by atoms with Gasteiger partial charge in [-0.05, 0) is 39.3 Å². The molecule has 28 heavy (non-hydrogen) atoms. The van der Waals surface area contributed by atoms with Crippen molar-refractivity contribution >= 4 is 28.6 Å². The van der Waals surface area contributed by atoms with Crippen molar-refractivity contribution in [2.24, 2.45) is 0 Å². The van der Waals surface area contributed by atoms with Gasteiger partial charge in [-0.1, -0.05) is 30.0 Å². The van der Waals surface area contributed by atoms with Crippen LogP contribution in [0.3, 0.4) is 0 Å². The van der Waals surface area contributed by atoms with Crippen molar-refractivity contribution < 1.29 is 9.53 Å². The number of hydrogen-bond donors (Lipinski definition) is 1. The number of fused-ring (bicyclic) bond motifs is 1. The molecule has 0 aliphatic heterocycles. The van der Waals surface area contributed by atoms with Gasteiger partial charge in [-0.2, -0.15) is 10.2 Å². The first-order chi connectivity index (χ1) is 13.6. The van der Waals surface area contributed by atoms with Crippen LogP contribution in [0.2, 0.25) is 0 Å². The summed E-state index contributed by atoms with van der Waals surface area (Å²) in [5.74, 6) is 0.245. The van der Waals surface area contributed by atoms with Crippen molar-refractivity contribution in [1.82, 2.24) is 25.3 Å². The Morgan fingerprint density at radius 3 is 2.75 bits per heavy atom. The molecular formula is C20H25N5O2S. The number of aromatic nitrogens is 4. The standard InChI is InChI=1S/C20H25N5O2S/c1-4-27-12-8-11-21-17(26)13-28-20-19-18(14(2)22-23-20)15(3)25(24-19)16-9-6-5-7-10-16/h5-7,9-10H,4,8,11-13H2,1-3H3,(H,21,26). The summed E-state index contributed by atoms with van der Waals surface area (Å²) < 4.78 is 7.17. The maximum absolute atomic E-state index is 12.1. The molecule has 0 spiro atoms. The van der Waals surface area contributed by atoms with Gasteiger partial charge >= 0.3 is 0 Å². The molecule has 0 atom stereocenters. The molecule has 1 amide bonds. The fourth-order valence-corrected chi connectivity index (χ4v) is 3.70. The summed E-state index contributed by atoms with van der Waals surface area (Å²) in [5.41, 5.74) is 3.61. The van der Waals surface area contributed by atoms with E-state index < -0.39 is 0 Å². The number of aryl methyl sites for hydroxylation is 2. The Balaban J connectivity index is 1.74. The van der Waals surface area contributed by atoms with Crippen molar-refractivity contribution in [3.8, 4) is 5.69 Å². The molecule has 3 rings (SSSR count). The first-order valence-corrected chi connectivity index (χ1v) is 10.4. The van der Waals surface area contributed by atoms with Gasteiger partial charge in [0.05, 0.1) is 22.8 Å². The average molecular weight is 400 g/mol. The quantitative estimate of drug-likeness (QED) is 0.440. The van der Waals surface area contributed by atoms with Crippen molar-refractivity contribution in [2.75, 3.05) is 25.5 Å². The minimum absolute atomic E-state index is 0.0313. The van der Waals surface area contributed by atoms with Crippen LogP contribution in [0.5, 0.6) is 0 Å². The fraction of sp³-hybridized carbons (Fsp3) is 0.400. The number of thioether (sulfide) groups is 1. The molecule has 0 aliphatic carbocycles. The third kappa shape index (κ3) is 4.69. The van der Waals surface area contributed by atoms with Gasteiger partial charge in [-0.15, -0.1) is 5.10 Å². The Hall–Kier alpha value is -2.45. The van der Waals surface area contributed by atoms with E-state index in [0.717, 1.165) is 34.4 Å². The Morgan fingerprint density at radius 1 is 1.21 bits per heavy atom. The van der Waals surface area contributed by atoms with E-state index in [1.807, 2.05) is 55.8 Å². The van der Waals surface area contributed by atoms with Crippen LogP contribution in [-0.2, 0) is 9.53 Å². The molecule has 0 aliphatic rings. The summed E-state index contributed by atoms with van der Waals surface area (Å²) in [4.78, 5) is 12.1. The second-order valence-corrected chi connectivity index (χ2v) is 7.30. The first-order valence-electron chi connectivity index (χ1n) is 9.37. The van der Waals surface area contributed by atoms with E-state index in [4.69, 9.17) is 9.84 Å². The smallest absolute Gasteiger partial charge is 0.230 e. The third-order valence-corrected chi connectivity index (χ3v) is 5.26. The Labute approximate surface area is 168 Å². The van der Waals surface area contributed by atoms with Crippen molar-refractivity contribution in [3.05, 3.63) is 41.7 Å². The molecule has 2 aromatic heterocycles. The van der Waals surface area contributed by atoms with Crippen LogP contribution in [0.25, 0.3) is 16.6 Å². The zero-order valence-corrected chi connectivity index (χ0v) is 17.3. The molecule has 0 fully saturated rings. The first kappa shape index (κ1) is 20.3. The van der Waals surface area contributed by atoms with Gasteiger partial charge in [0.15, 0.2) is 0 Å². The second kappa shape index (κ2) is 9.66. The summed E-state index contributed by atoms with van der Waals surface area (Å²) in [6.45, 7) is 7.87. The molecule has 0 radical (unpaired) electrons. The lowest BCUT2D eigenvalue weighted by atomic mass is 10.2. The van der Waals surface area contributed by atoms with Gasteiger partial charge < -0.3 is 10.1 Å². The number of carbonyl (C=O) groups excluding carboxylic acids is 1. The van der Waals surface area contributed by atoms with Crippen LogP contribution in [0.4, 0.5) is 0 Å². The molecule has 1 N–H and O–H groups in total. The SMILES string of the molecule is CCOCCCNC(=O)CSc1nnc(C)c2c(C)n(-c3ccccc3)nc12. The van der Waals surface area contributed by atoms with Crippen LogP contribution in [0.1, 0.15) is 24.7 Å². The van der Waals surface area contributed by atoms with Gasteiger partial charge in [0.2, 0.25) is 5.91 Å². The number of rotatable bonds is 9. The zero-order chi connectivity index (χ0) is 19.9. The third-order valence-electron chi connectivity index (χ3n) is 4.30. The Morgan fingerprint density at radius 2 is 2.00 bits per heavy atom.